The van der Waals surface area contributed by atoms with Gasteiger partial charge in [0.15, 0.2) is 0 Å². The quantitative estimate of drug-likeness (QED) is 0.670. The minimum atomic E-state index is 0.686. The molecule has 0 radical (unpaired) electrons. The van der Waals surface area contributed by atoms with Crippen molar-refractivity contribution in [2.75, 3.05) is 17.7 Å². The zero-order chi connectivity index (χ0) is 17.5. The van der Waals surface area contributed by atoms with E-state index in [1.54, 1.807) is 13.4 Å². The first-order chi connectivity index (χ1) is 12.3. The first-order valence-electron chi connectivity index (χ1n) is 8.31. The second kappa shape index (κ2) is 8.15. The average molecular weight is 334 g/mol. The molecule has 5 heteroatoms. The summed E-state index contributed by atoms with van der Waals surface area (Å²) in [4.78, 5) is 8.55. The molecule has 128 valence electrons. The van der Waals surface area contributed by atoms with E-state index >= 15 is 0 Å². The van der Waals surface area contributed by atoms with E-state index in [0.717, 1.165) is 35.1 Å². The monoisotopic (exact) mass is 334 g/mol. The van der Waals surface area contributed by atoms with Gasteiger partial charge in [0.05, 0.1) is 7.11 Å². The maximum absolute atomic E-state index is 5.17. The van der Waals surface area contributed by atoms with Crippen molar-refractivity contribution < 1.29 is 4.74 Å². The number of nitrogens with zero attached hydrogens (tertiary/aromatic N) is 2. The molecule has 0 saturated carbocycles. The van der Waals surface area contributed by atoms with Crippen LogP contribution in [-0.4, -0.2) is 17.1 Å². The second-order valence-corrected chi connectivity index (χ2v) is 5.67. The van der Waals surface area contributed by atoms with E-state index < -0.39 is 0 Å². The largest absolute Gasteiger partial charge is 0.497 e. The Bertz CT molecular complexity index is 801. The van der Waals surface area contributed by atoms with Crippen LogP contribution in [0.1, 0.15) is 18.1 Å². The summed E-state index contributed by atoms with van der Waals surface area (Å²) in [6.45, 7) is 2.83. The first kappa shape index (κ1) is 16.8. The third-order valence-corrected chi connectivity index (χ3v) is 3.93. The Morgan fingerprint density at radius 1 is 0.880 bits per heavy atom. The molecule has 0 bridgehead atoms. The van der Waals surface area contributed by atoms with E-state index in [0.29, 0.717) is 6.54 Å². The average Bonchev–Trinajstić information content (AvgIpc) is 2.68. The van der Waals surface area contributed by atoms with Gasteiger partial charge in [-0.1, -0.05) is 31.2 Å². The molecule has 0 atom stereocenters. The predicted molar refractivity (Wildman–Crippen MR) is 101 cm³/mol. The molecule has 25 heavy (non-hydrogen) atoms. The van der Waals surface area contributed by atoms with Gasteiger partial charge in [0, 0.05) is 18.3 Å². The summed E-state index contributed by atoms with van der Waals surface area (Å²) in [5, 5.41) is 6.61. The molecule has 1 aromatic heterocycles. The Morgan fingerprint density at radius 2 is 1.56 bits per heavy atom. The van der Waals surface area contributed by atoms with Crippen molar-refractivity contribution in [3.05, 3.63) is 72.1 Å². The van der Waals surface area contributed by atoms with Gasteiger partial charge >= 0.3 is 0 Å². The summed E-state index contributed by atoms with van der Waals surface area (Å²) in [6.07, 6.45) is 2.59. The summed E-state index contributed by atoms with van der Waals surface area (Å²) in [6, 6.07) is 18.2. The molecular weight excluding hydrogens is 312 g/mol. The fourth-order valence-electron chi connectivity index (χ4n) is 2.43. The summed E-state index contributed by atoms with van der Waals surface area (Å²) in [5.74, 6) is 2.39. The molecule has 0 aliphatic rings. The molecule has 2 N–H and O–H groups in total. The SMILES string of the molecule is CCc1ccc(Nc2cc(NCc3ccc(OC)cc3)ncn2)cc1. The zero-order valence-electron chi connectivity index (χ0n) is 14.5. The van der Waals surface area contributed by atoms with Crippen LogP contribution in [0.2, 0.25) is 0 Å². The van der Waals surface area contributed by atoms with Crippen molar-refractivity contribution in [1.82, 2.24) is 9.97 Å². The third kappa shape index (κ3) is 4.70. The van der Waals surface area contributed by atoms with Crippen LogP contribution in [-0.2, 0) is 13.0 Å². The molecule has 3 rings (SSSR count). The van der Waals surface area contributed by atoms with Gasteiger partial charge in [-0.05, 0) is 41.8 Å². The van der Waals surface area contributed by atoms with Gasteiger partial charge in [-0.2, -0.15) is 0 Å². The van der Waals surface area contributed by atoms with E-state index in [2.05, 4.69) is 51.8 Å². The lowest BCUT2D eigenvalue weighted by molar-refractivity contribution is 0.414. The van der Waals surface area contributed by atoms with Gasteiger partial charge in [-0.15, -0.1) is 0 Å². The van der Waals surface area contributed by atoms with Crippen molar-refractivity contribution in [3.63, 3.8) is 0 Å². The highest BCUT2D eigenvalue weighted by Gasteiger charge is 2.01. The number of hydrogen-bond donors (Lipinski definition) is 2. The van der Waals surface area contributed by atoms with Crippen molar-refractivity contribution in [3.8, 4) is 5.75 Å². The van der Waals surface area contributed by atoms with Crippen LogP contribution in [0.4, 0.5) is 17.3 Å². The summed E-state index contributed by atoms with van der Waals surface area (Å²) < 4.78 is 5.17. The fraction of sp³-hybridized carbons (Fsp3) is 0.200. The highest BCUT2D eigenvalue weighted by atomic mass is 16.5. The van der Waals surface area contributed by atoms with Gasteiger partial charge in [0.1, 0.15) is 23.7 Å². The van der Waals surface area contributed by atoms with Crippen LogP contribution in [0.3, 0.4) is 0 Å². The minimum Gasteiger partial charge on any atom is -0.497 e. The molecular formula is C20H22N4O. The molecule has 3 aromatic rings. The normalized spacial score (nSPS) is 10.3. The lowest BCUT2D eigenvalue weighted by Crippen LogP contribution is -2.03. The number of methoxy groups -OCH3 is 1. The Morgan fingerprint density at radius 3 is 2.24 bits per heavy atom. The van der Waals surface area contributed by atoms with E-state index in [1.165, 1.54) is 5.56 Å². The first-order valence-corrected chi connectivity index (χ1v) is 8.31. The van der Waals surface area contributed by atoms with Gasteiger partial charge in [-0.3, -0.25) is 0 Å². The number of ether oxygens (including phenoxy) is 1. The number of aryl methyl sites for hydroxylation is 1. The van der Waals surface area contributed by atoms with Crippen LogP contribution < -0.4 is 15.4 Å². The molecule has 0 aliphatic carbocycles. The predicted octanol–water partition coefficient (Wildman–Crippen LogP) is 4.40. The lowest BCUT2D eigenvalue weighted by atomic mass is 10.1. The van der Waals surface area contributed by atoms with E-state index in [9.17, 15) is 0 Å². The Balaban J connectivity index is 1.62. The second-order valence-electron chi connectivity index (χ2n) is 5.67. The van der Waals surface area contributed by atoms with Gasteiger partial charge in [0.2, 0.25) is 0 Å². The summed E-state index contributed by atoms with van der Waals surface area (Å²) in [5.41, 5.74) is 3.48. The number of aromatic nitrogens is 2. The van der Waals surface area contributed by atoms with Gasteiger partial charge in [0.25, 0.3) is 0 Å². The molecule has 0 aliphatic heterocycles. The highest BCUT2D eigenvalue weighted by molar-refractivity contribution is 5.59. The van der Waals surface area contributed by atoms with Crippen LogP contribution in [0, 0.1) is 0 Å². The van der Waals surface area contributed by atoms with Crippen molar-refractivity contribution in [1.29, 1.82) is 0 Å². The lowest BCUT2D eigenvalue weighted by Gasteiger charge is -2.09. The number of benzene rings is 2. The van der Waals surface area contributed by atoms with E-state index in [4.69, 9.17) is 4.74 Å². The number of hydrogen-bond acceptors (Lipinski definition) is 5. The summed E-state index contributed by atoms with van der Waals surface area (Å²) in [7, 11) is 1.67. The maximum atomic E-state index is 5.17. The van der Waals surface area contributed by atoms with Gasteiger partial charge < -0.3 is 15.4 Å². The highest BCUT2D eigenvalue weighted by Crippen LogP contribution is 2.18. The Hall–Kier alpha value is -3.08. The van der Waals surface area contributed by atoms with Gasteiger partial charge in [-0.25, -0.2) is 9.97 Å². The van der Waals surface area contributed by atoms with E-state index in [-0.39, 0.29) is 0 Å². The van der Waals surface area contributed by atoms with Crippen LogP contribution in [0.25, 0.3) is 0 Å². The maximum Gasteiger partial charge on any atom is 0.135 e. The zero-order valence-corrected chi connectivity index (χ0v) is 14.5. The van der Waals surface area contributed by atoms with Crippen LogP contribution in [0.15, 0.2) is 60.9 Å². The minimum absolute atomic E-state index is 0.686. The Kier molecular flexibility index (Phi) is 5.46. The number of anilines is 3. The van der Waals surface area contributed by atoms with Crippen LogP contribution in [0.5, 0.6) is 5.75 Å². The molecule has 0 unspecified atom stereocenters. The Labute approximate surface area is 148 Å². The van der Waals surface area contributed by atoms with Crippen LogP contribution >= 0.6 is 0 Å². The molecule has 5 nitrogen and oxygen atoms in total. The topological polar surface area (TPSA) is 59.1 Å². The number of nitrogens with one attached hydrogen (secondary N) is 2. The number of rotatable bonds is 7. The standard InChI is InChI=1S/C20H22N4O/c1-3-15-4-8-17(9-5-15)24-20-12-19(22-14-23-20)21-13-16-6-10-18(25-2)11-7-16/h4-12,14H,3,13H2,1-2H3,(H2,21,22,23,24). The molecule has 0 spiro atoms. The van der Waals surface area contributed by atoms with Crippen molar-refractivity contribution in [2.45, 2.75) is 19.9 Å². The van der Waals surface area contributed by atoms with E-state index in [1.807, 2.05) is 30.3 Å². The third-order valence-electron chi connectivity index (χ3n) is 3.93. The smallest absolute Gasteiger partial charge is 0.135 e. The van der Waals surface area contributed by atoms with Crippen molar-refractivity contribution >= 4 is 17.3 Å². The molecule has 2 aromatic carbocycles. The molecule has 0 fully saturated rings. The van der Waals surface area contributed by atoms with Crippen molar-refractivity contribution in [2.24, 2.45) is 0 Å². The fourth-order valence-corrected chi connectivity index (χ4v) is 2.43. The molecule has 1 heterocycles. The summed E-state index contributed by atoms with van der Waals surface area (Å²) >= 11 is 0. The molecule has 0 saturated heterocycles. The molecule has 0 amide bonds.